The first-order chi connectivity index (χ1) is 16.3. The summed E-state index contributed by atoms with van der Waals surface area (Å²) in [7, 11) is 0. The van der Waals surface area contributed by atoms with Crippen LogP contribution in [-0.2, 0) is 9.47 Å². The summed E-state index contributed by atoms with van der Waals surface area (Å²) >= 11 is 0. The number of nitrogens with zero attached hydrogens (tertiary/aromatic N) is 2. The van der Waals surface area contributed by atoms with Gasteiger partial charge in [-0.05, 0) is 11.1 Å². The molecule has 3 aromatic carbocycles. The van der Waals surface area contributed by atoms with Crippen molar-refractivity contribution in [1.82, 2.24) is 0 Å². The van der Waals surface area contributed by atoms with Gasteiger partial charge in [0.05, 0.1) is 0 Å². The van der Waals surface area contributed by atoms with E-state index in [4.69, 9.17) is 23.9 Å². The number of ether oxygens (including phenoxy) is 2. The summed E-state index contributed by atoms with van der Waals surface area (Å²) in [6.45, 7) is 1.05. The van der Waals surface area contributed by atoms with Crippen LogP contribution in [0.3, 0.4) is 0 Å². The van der Waals surface area contributed by atoms with E-state index in [0.29, 0.717) is 35.8 Å². The van der Waals surface area contributed by atoms with Gasteiger partial charge in [0.25, 0.3) is 0 Å². The minimum absolute atomic E-state index is 0.000809. The van der Waals surface area contributed by atoms with Gasteiger partial charge in [0.2, 0.25) is 11.8 Å². The molecule has 1 aromatic heterocycles. The SMILES string of the molecule is C(/C1=NC(c2ccccc2)CO1)=c1/o/c(=C\C2=NC(c3ccccc3)CO2)c2ccccc12. The molecule has 4 aromatic rings. The molecule has 33 heavy (non-hydrogen) atoms. The zero-order valence-corrected chi connectivity index (χ0v) is 17.9. The predicted octanol–water partition coefficient (Wildman–Crippen LogP) is 4.33. The number of aliphatic imine (C=N–C) groups is 2. The highest BCUT2D eigenvalue weighted by Crippen LogP contribution is 2.24. The molecule has 162 valence electrons. The lowest BCUT2D eigenvalue weighted by Gasteiger charge is -2.03. The molecule has 3 heterocycles. The Morgan fingerprint density at radius 2 is 1.00 bits per heavy atom. The molecule has 0 amide bonds. The number of furan rings is 1. The van der Waals surface area contributed by atoms with Gasteiger partial charge >= 0.3 is 0 Å². The lowest BCUT2D eigenvalue weighted by molar-refractivity contribution is 0.322. The molecular formula is C28H22N2O3. The Kier molecular flexibility index (Phi) is 5.00. The number of fused-ring (bicyclic) bond motifs is 1. The molecule has 0 radical (unpaired) electrons. The third kappa shape index (κ3) is 3.94. The summed E-state index contributed by atoms with van der Waals surface area (Å²) in [5.41, 5.74) is 3.71. The molecule has 0 fully saturated rings. The molecule has 2 unspecified atom stereocenters. The molecular weight excluding hydrogens is 412 g/mol. The fourth-order valence-electron chi connectivity index (χ4n) is 4.21. The van der Waals surface area contributed by atoms with Crippen molar-refractivity contribution in [3.05, 3.63) is 107 Å². The lowest BCUT2D eigenvalue weighted by Crippen LogP contribution is -2.07. The number of rotatable bonds is 4. The molecule has 2 atom stereocenters. The largest absolute Gasteiger partial charge is 0.475 e. The van der Waals surface area contributed by atoms with Gasteiger partial charge in [-0.25, -0.2) is 9.98 Å². The number of benzene rings is 3. The van der Waals surface area contributed by atoms with E-state index >= 15 is 0 Å². The van der Waals surface area contributed by atoms with E-state index < -0.39 is 0 Å². The standard InChI is InChI=1S/C28H22N2O3/c1-3-9-19(10-4-1)23-17-31-27(29-23)15-25-21-13-7-8-14-22(21)26(33-25)16-28-30-24(18-32-28)20-11-5-2-6-12-20/h1-16,23-24H,17-18H2/b25-15-,26-16-. The Morgan fingerprint density at radius 1 is 0.576 bits per heavy atom. The third-order valence-corrected chi connectivity index (χ3v) is 5.90. The van der Waals surface area contributed by atoms with Crippen LogP contribution in [0.25, 0.3) is 22.9 Å². The van der Waals surface area contributed by atoms with Gasteiger partial charge in [-0.1, -0.05) is 84.9 Å². The molecule has 0 saturated carbocycles. The first kappa shape index (κ1) is 19.6. The Bertz CT molecular complexity index is 1360. The zero-order chi connectivity index (χ0) is 22.0. The summed E-state index contributed by atoms with van der Waals surface area (Å²) in [5.74, 6) is 1.15. The van der Waals surface area contributed by atoms with Crippen molar-refractivity contribution in [2.75, 3.05) is 13.2 Å². The normalized spacial score (nSPS) is 21.1. The van der Waals surface area contributed by atoms with Crippen LogP contribution in [0.1, 0.15) is 23.2 Å². The van der Waals surface area contributed by atoms with Crippen LogP contribution in [0.4, 0.5) is 0 Å². The Labute approximate surface area is 191 Å². The third-order valence-electron chi connectivity index (χ3n) is 5.90. The minimum Gasteiger partial charge on any atom is -0.475 e. The van der Waals surface area contributed by atoms with Crippen LogP contribution in [0, 0.1) is 0 Å². The highest BCUT2D eigenvalue weighted by atomic mass is 16.5. The van der Waals surface area contributed by atoms with Crippen LogP contribution < -0.4 is 10.8 Å². The van der Waals surface area contributed by atoms with E-state index in [1.165, 1.54) is 0 Å². The van der Waals surface area contributed by atoms with E-state index in [0.717, 1.165) is 21.9 Å². The van der Waals surface area contributed by atoms with Gasteiger partial charge in [-0.2, -0.15) is 0 Å². The smallest absolute Gasteiger partial charge is 0.213 e. The van der Waals surface area contributed by atoms with Gasteiger partial charge in [-0.15, -0.1) is 0 Å². The second kappa shape index (κ2) is 8.43. The van der Waals surface area contributed by atoms with Crippen LogP contribution in [0.5, 0.6) is 0 Å². The number of hydrogen-bond donors (Lipinski definition) is 0. The summed E-state index contributed by atoms with van der Waals surface area (Å²) in [4.78, 5) is 9.47. The molecule has 0 N–H and O–H groups in total. The lowest BCUT2D eigenvalue weighted by atomic mass is 10.1. The molecule has 2 aliphatic rings. The van der Waals surface area contributed by atoms with Crippen molar-refractivity contribution in [3.63, 3.8) is 0 Å². The molecule has 5 nitrogen and oxygen atoms in total. The van der Waals surface area contributed by atoms with E-state index in [9.17, 15) is 0 Å². The fourth-order valence-corrected chi connectivity index (χ4v) is 4.21. The molecule has 2 aliphatic heterocycles. The van der Waals surface area contributed by atoms with Crippen molar-refractivity contribution >= 4 is 34.7 Å². The van der Waals surface area contributed by atoms with Crippen molar-refractivity contribution < 1.29 is 13.9 Å². The molecule has 0 saturated heterocycles. The van der Waals surface area contributed by atoms with Crippen LogP contribution in [-0.4, -0.2) is 25.0 Å². The summed E-state index contributed by atoms with van der Waals surface area (Å²) < 4.78 is 17.9. The average molecular weight is 434 g/mol. The minimum atomic E-state index is 0.000809. The summed E-state index contributed by atoms with van der Waals surface area (Å²) in [6, 6.07) is 28.4. The maximum Gasteiger partial charge on any atom is 0.213 e. The average Bonchev–Trinajstić information content (AvgIpc) is 3.61. The Morgan fingerprint density at radius 3 is 1.45 bits per heavy atom. The second-order valence-electron chi connectivity index (χ2n) is 8.07. The summed E-state index contributed by atoms with van der Waals surface area (Å²) in [5, 5.41) is 1.99. The van der Waals surface area contributed by atoms with Gasteiger partial charge in [0, 0.05) is 22.9 Å². The topological polar surface area (TPSA) is 56.3 Å². The molecule has 5 heteroatoms. The van der Waals surface area contributed by atoms with Crippen molar-refractivity contribution in [3.8, 4) is 0 Å². The highest BCUT2D eigenvalue weighted by Gasteiger charge is 2.21. The Hall–Kier alpha value is -4.12. The van der Waals surface area contributed by atoms with Crippen LogP contribution >= 0.6 is 0 Å². The molecule has 0 bridgehead atoms. The van der Waals surface area contributed by atoms with E-state index in [-0.39, 0.29) is 12.1 Å². The van der Waals surface area contributed by atoms with E-state index in [1.54, 1.807) is 0 Å². The van der Waals surface area contributed by atoms with Gasteiger partial charge < -0.3 is 13.9 Å². The first-order valence-corrected chi connectivity index (χ1v) is 11.1. The number of hydrogen-bond acceptors (Lipinski definition) is 5. The Balaban J connectivity index is 1.37. The summed E-state index contributed by atoms with van der Waals surface area (Å²) in [6.07, 6.45) is 3.74. The van der Waals surface area contributed by atoms with E-state index in [2.05, 4.69) is 24.3 Å². The molecule has 0 aliphatic carbocycles. The predicted molar refractivity (Wildman–Crippen MR) is 130 cm³/mol. The van der Waals surface area contributed by atoms with Gasteiger partial charge in [0.15, 0.2) is 0 Å². The van der Waals surface area contributed by atoms with Gasteiger partial charge in [0.1, 0.15) is 36.1 Å². The van der Waals surface area contributed by atoms with Crippen molar-refractivity contribution in [1.29, 1.82) is 0 Å². The first-order valence-electron chi connectivity index (χ1n) is 11.1. The van der Waals surface area contributed by atoms with Crippen molar-refractivity contribution in [2.45, 2.75) is 12.1 Å². The highest BCUT2D eigenvalue weighted by molar-refractivity contribution is 6.08. The maximum absolute atomic E-state index is 6.24. The monoisotopic (exact) mass is 434 g/mol. The molecule has 0 spiro atoms. The van der Waals surface area contributed by atoms with E-state index in [1.807, 2.05) is 72.8 Å². The fraction of sp³-hybridized carbons (Fsp3) is 0.143. The van der Waals surface area contributed by atoms with Crippen molar-refractivity contribution in [2.24, 2.45) is 9.98 Å². The molecule has 6 rings (SSSR count). The zero-order valence-electron chi connectivity index (χ0n) is 17.9. The van der Waals surface area contributed by atoms with Crippen LogP contribution in [0.15, 0.2) is 99.3 Å². The van der Waals surface area contributed by atoms with Crippen LogP contribution in [0.2, 0.25) is 0 Å². The quantitative estimate of drug-likeness (QED) is 0.480. The second-order valence-corrected chi connectivity index (χ2v) is 8.07. The maximum atomic E-state index is 6.24. The van der Waals surface area contributed by atoms with Gasteiger partial charge in [-0.3, -0.25) is 0 Å².